The van der Waals surface area contributed by atoms with Gasteiger partial charge in [0.05, 0.1) is 35.3 Å². The number of alkyl halides is 2. The summed E-state index contributed by atoms with van der Waals surface area (Å²) in [5.74, 6) is 0.353. The monoisotopic (exact) mass is 457 g/mol. The van der Waals surface area contributed by atoms with E-state index in [1.54, 1.807) is 14.0 Å². The van der Waals surface area contributed by atoms with Gasteiger partial charge >= 0.3 is 0 Å². The third-order valence-electron chi connectivity index (χ3n) is 6.04. The Labute approximate surface area is 190 Å². The van der Waals surface area contributed by atoms with E-state index in [-0.39, 0.29) is 5.56 Å². The lowest BCUT2D eigenvalue weighted by molar-refractivity contribution is 0.146. The fourth-order valence-corrected chi connectivity index (χ4v) is 4.14. The van der Waals surface area contributed by atoms with Gasteiger partial charge in [-0.2, -0.15) is 5.10 Å². The molecular weight excluding hydrogens is 431 g/mol. The Kier molecular flexibility index (Phi) is 6.16. The smallest absolute Gasteiger partial charge is 0.266 e. The van der Waals surface area contributed by atoms with Crippen molar-refractivity contribution in [2.45, 2.75) is 26.3 Å². The van der Waals surface area contributed by atoms with Gasteiger partial charge < -0.3 is 19.9 Å². The summed E-state index contributed by atoms with van der Waals surface area (Å²) in [5.41, 5.74) is 2.19. The number of benzene rings is 2. The van der Waals surface area contributed by atoms with E-state index in [0.29, 0.717) is 19.0 Å². The zero-order valence-electron chi connectivity index (χ0n) is 19.0. The third kappa shape index (κ3) is 3.97. The lowest BCUT2D eigenvalue weighted by atomic mass is 10.0. The molecule has 174 valence electrons. The van der Waals surface area contributed by atoms with Crippen molar-refractivity contribution in [1.82, 2.24) is 10.2 Å². The predicted octanol–water partition coefficient (Wildman–Crippen LogP) is 5.56. The molecule has 0 spiro atoms. The molecule has 2 aromatic carbocycles. The Hall–Kier alpha value is -3.33. The number of halogens is 3. The molecule has 1 aliphatic heterocycles. The summed E-state index contributed by atoms with van der Waals surface area (Å²) in [6.07, 6.45) is -2.89. The molecule has 9 heteroatoms. The van der Waals surface area contributed by atoms with Crippen molar-refractivity contribution in [3.05, 3.63) is 65.4 Å². The number of hydrogen-bond acceptors (Lipinski definition) is 6. The molecule has 0 saturated heterocycles. The molecule has 33 heavy (non-hydrogen) atoms. The first-order valence-corrected chi connectivity index (χ1v) is 10.6. The van der Waals surface area contributed by atoms with Crippen LogP contribution in [0.5, 0.6) is 0 Å². The van der Waals surface area contributed by atoms with Crippen LogP contribution in [0.4, 0.5) is 30.4 Å². The molecule has 0 saturated carbocycles. The zero-order chi connectivity index (χ0) is 23.9. The SMILES string of the molecule is C=C1N(C)c2cc3c(C)nnc(N[C@H](C)c4cccc(C(F)F)c4F)c3cc2N1CCOC. The highest BCUT2D eigenvalue weighted by molar-refractivity contribution is 6.01. The molecule has 0 aliphatic carbocycles. The minimum absolute atomic E-state index is 0.138. The number of methoxy groups -OCH3 is 1. The number of anilines is 3. The highest BCUT2D eigenvalue weighted by atomic mass is 19.3. The Morgan fingerprint density at radius 1 is 1.12 bits per heavy atom. The highest BCUT2D eigenvalue weighted by Gasteiger charge is 2.29. The maximum atomic E-state index is 14.7. The van der Waals surface area contributed by atoms with E-state index >= 15 is 0 Å². The Bertz CT molecular complexity index is 1220. The molecule has 0 bridgehead atoms. The summed E-state index contributed by atoms with van der Waals surface area (Å²) in [4.78, 5) is 4.07. The fraction of sp³-hybridized carbons (Fsp3) is 0.333. The van der Waals surface area contributed by atoms with Gasteiger partial charge in [-0.3, -0.25) is 0 Å². The van der Waals surface area contributed by atoms with E-state index in [9.17, 15) is 13.2 Å². The number of aromatic nitrogens is 2. The van der Waals surface area contributed by atoms with E-state index < -0.39 is 23.8 Å². The molecule has 1 aromatic heterocycles. The van der Waals surface area contributed by atoms with Crippen LogP contribution >= 0.6 is 0 Å². The van der Waals surface area contributed by atoms with Crippen LogP contribution in [-0.4, -0.2) is 37.5 Å². The molecule has 1 atom stereocenters. The molecule has 1 aliphatic rings. The normalized spacial score (nSPS) is 14.4. The van der Waals surface area contributed by atoms with Gasteiger partial charge in [0, 0.05) is 37.0 Å². The maximum Gasteiger partial charge on any atom is 0.266 e. The molecule has 1 N–H and O–H groups in total. The van der Waals surface area contributed by atoms with E-state index in [2.05, 4.69) is 27.0 Å². The van der Waals surface area contributed by atoms with Gasteiger partial charge in [-0.1, -0.05) is 24.8 Å². The number of nitrogens with zero attached hydrogens (tertiary/aromatic N) is 4. The lowest BCUT2D eigenvalue weighted by Crippen LogP contribution is -2.27. The van der Waals surface area contributed by atoms with Crippen LogP contribution in [0.1, 0.15) is 36.2 Å². The van der Waals surface area contributed by atoms with Crippen molar-refractivity contribution in [3.63, 3.8) is 0 Å². The maximum absolute atomic E-state index is 14.7. The summed E-state index contributed by atoms with van der Waals surface area (Å²) in [6, 6.07) is 7.43. The van der Waals surface area contributed by atoms with Crippen molar-refractivity contribution >= 4 is 28.0 Å². The topological polar surface area (TPSA) is 53.5 Å². The Balaban J connectivity index is 1.77. The van der Waals surface area contributed by atoms with Crippen LogP contribution in [0.25, 0.3) is 10.8 Å². The number of fused-ring (bicyclic) bond motifs is 2. The van der Waals surface area contributed by atoms with E-state index in [1.165, 1.54) is 12.1 Å². The lowest BCUT2D eigenvalue weighted by Gasteiger charge is -2.21. The average Bonchev–Trinajstić information content (AvgIpc) is 3.02. The molecule has 4 rings (SSSR count). The molecule has 0 fully saturated rings. The second-order valence-electron chi connectivity index (χ2n) is 8.06. The van der Waals surface area contributed by atoms with Gasteiger partial charge in [-0.25, -0.2) is 13.2 Å². The molecule has 6 nitrogen and oxygen atoms in total. The van der Waals surface area contributed by atoms with Gasteiger partial charge in [0.15, 0.2) is 5.82 Å². The summed E-state index contributed by atoms with van der Waals surface area (Å²) in [5, 5.41) is 13.4. The first-order chi connectivity index (χ1) is 15.7. The first kappa shape index (κ1) is 22.8. The fourth-order valence-electron chi connectivity index (χ4n) is 4.14. The molecule has 2 heterocycles. The van der Waals surface area contributed by atoms with Crippen LogP contribution in [0.2, 0.25) is 0 Å². The van der Waals surface area contributed by atoms with Crippen LogP contribution < -0.4 is 15.1 Å². The van der Waals surface area contributed by atoms with Gasteiger partial charge in [-0.05, 0) is 26.0 Å². The minimum atomic E-state index is -2.89. The van der Waals surface area contributed by atoms with Gasteiger partial charge in [0.25, 0.3) is 6.43 Å². The van der Waals surface area contributed by atoms with Gasteiger partial charge in [0.2, 0.25) is 0 Å². The van der Waals surface area contributed by atoms with Crippen LogP contribution in [0.15, 0.2) is 42.7 Å². The molecular formula is C24H26F3N5O. The second-order valence-corrected chi connectivity index (χ2v) is 8.06. The number of hydrogen-bond donors (Lipinski definition) is 1. The Morgan fingerprint density at radius 2 is 1.82 bits per heavy atom. The summed E-state index contributed by atoms with van der Waals surface area (Å²) in [7, 11) is 3.60. The van der Waals surface area contributed by atoms with Crippen LogP contribution in [-0.2, 0) is 4.74 Å². The van der Waals surface area contributed by atoms with Gasteiger partial charge in [-0.15, -0.1) is 5.10 Å². The number of aryl methyl sites for hydroxylation is 1. The molecule has 0 radical (unpaired) electrons. The van der Waals surface area contributed by atoms with E-state index in [1.807, 2.05) is 31.0 Å². The van der Waals surface area contributed by atoms with Gasteiger partial charge in [0.1, 0.15) is 11.6 Å². The number of nitrogens with one attached hydrogen (secondary N) is 1. The second kappa shape index (κ2) is 8.90. The highest BCUT2D eigenvalue weighted by Crippen LogP contribution is 2.44. The Morgan fingerprint density at radius 3 is 2.52 bits per heavy atom. The largest absolute Gasteiger partial charge is 0.383 e. The average molecular weight is 458 g/mol. The van der Waals surface area contributed by atoms with Crippen molar-refractivity contribution < 1.29 is 17.9 Å². The van der Waals surface area contributed by atoms with E-state index in [4.69, 9.17) is 4.74 Å². The van der Waals surface area contributed by atoms with Crippen molar-refractivity contribution in [2.24, 2.45) is 0 Å². The number of rotatable bonds is 7. The predicted molar refractivity (Wildman–Crippen MR) is 124 cm³/mol. The standard InChI is InChI=1S/C24H26F3N5O/c1-13(16-7-6-8-17(22(16)25)23(26)27)28-24-19-12-21-20(11-18(19)14(2)29-30-24)31(4)15(3)32(21)9-10-33-5/h6-8,11-13,23H,3,9-10H2,1-2,4-5H3,(H,28,30)/t13-/m1/s1. The van der Waals surface area contributed by atoms with E-state index in [0.717, 1.165) is 39.7 Å². The number of ether oxygens (including phenoxy) is 1. The summed E-state index contributed by atoms with van der Waals surface area (Å²) >= 11 is 0. The third-order valence-corrected chi connectivity index (χ3v) is 6.04. The summed E-state index contributed by atoms with van der Waals surface area (Å²) in [6.45, 7) is 8.91. The minimum Gasteiger partial charge on any atom is -0.383 e. The quantitative estimate of drug-likeness (QED) is 0.501. The molecule has 3 aromatic rings. The van der Waals surface area contributed by atoms with Crippen molar-refractivity contribution in [3.8, 4) is 0 Å². The summed E-state index contributed by atoms with van der Waals surface area (Å²) < 4.78 is 46.3. The molecule has 0 amide bonds. The van der Waals surface area contributed by atoms with Crippen molar-refractivity contribution in [1.29, 1.82) is 0 Å². The van der Waals surface area contributed by atoms with Crippen LogP contribution in [0.3, 0.4) is 0 Å². The zero-order valence-corrected chi connectivity index (χ0v) is 19.0. The van der Waals surface area contributed by atoms with Crippen LogP contribution in [0, 0.1) is 12.7 Å². The van der Waals surface area contributed by atoms with Crippen molar-refractivity contribution in [2.75, 3.05) is 42.4 Å². The molecule has 0 unspecified atom stereocenters. The first-order valence-electron chi connectivity index (χ1n) is 10.6.